The molecule has 1 aromatic rings. The van der Waals surface area contributed by atoms with Crippen molar-refractivity contribution in [1.82, 2.24) is 10.3 Å². The van der Waals surface area contributed by atoms with Gasteiger partial charge in [-0.1, -0.05) is 13.3 Å². The monoisotopic (exact) mass is 229 g/mol. The van der Waals surface area contributed by atoms with Gasteiger partial charge in [-0.25, -0.2) is 4.98 Å². The molecule has 6 heteroatoms. The standard InChI is InChI=1S/C9H15N3O2S/c1-2-3-6(13)4-11-8(14)7-5-15-9(10)12-7/h5-6,13H,2-4H2,1H3,(H2,10,12)(H,11,14). The maximum atomic E-state index is 11.4. The third-order valence-corrected chi connectivity index (χ3v) is 2.55. The van der Waals surface area contributed by atoms with E-state index in [1.807, 2.05) is 6.92 Å². The van der Waals surface area contributed by atoms with Crippen LogP contribution in [0.15, 0.2) is 5.38 Å². The fraction of sp³-hybridized carbons (Fsp3) is 0.556. The quantitative estimate of drug-likeness (QED) is 0.690. The lowest BCUT2D eigenvalue weighted by molar-refractivity contribution is 0.0906. The van der Waals surface area contributed by atoms with Gasteiger partial charge in [0, 0.05) is 11.9 Å². The lowest BCUT2D eigenvalue weighted by Crippen LogP contribution is -2.32. The Balaban J connectivity index is 2.36. The number of thiazole rings is 1. The fourth-order valence-corrected chi connectivity index (χ4v) is 1.67. The Bertz CT molecular complexity index is 327. The zero-order valence-corrected chi connectivity index (χ0v) is 9.38. The number of carbonyl (C=O) groups excluding carboxylic acids is 1. The van der Waals surface area contributed by atoms with Crippen molar-refractivity contribution in [2.45, 2.75) is 25.9 Å². The molecule has 0 saturated heterocycles. The molecule has 15 heavy (non-hydrogen) atoms. The minimum atomic E-state index is -0.491. The third-order valence-electron chi connectivity index (χ3n) is 1.87. The number of anilines is 1. The van der Waals surface area contributed by atoms with Crippen molar-refractivity contribution in [3.05, 3.63) is 11.1 Å². The molecule has 4 N–H and O–H groups in total. The van der Waals surface area contributed by atoms with Crippen LogP contribution in [0.4, 0.5) is 5.13 Å². The highest BCUT2D eigenvalue weighted by Gasteiger charge is 2.10. The number of rotatable bonds is 5. The second-order valence-corrected chi connectivity index (χ2v) is 4.11. The first-order chi connectivity index (χ1) is 7.13. The summed E-state index contributed by atoms with van der Waals surface area (Å²) < 4.78 is 0. The molecule has 0 spiro atoms. The Kier molecular flexibility index (Phi) is 4.51. The number of aliphatic hydroxyl groups excluding tert-OH is 1. The molecule has 0 bridgehead atoms. The molecule has 1 amide bonds. The molecule has 1 unspecified atom stereocenters. The molecule has 1 heterocycles. The number of nitrogen functional groups attached to an aromatic ring is 1. The topological polar surface area (TPSA) is 88.2 Å². The van der Waals surface area contributed by atoms with E-state index in [4.69, 9.17) is 5.73 Å². The van der Waals surface area contributed by atoms with Gasteiger partial charge in [-0.05, 0) is 6.42 Å². The number of nitrogens with two attached hydrogens (primary N) is 1. The molecule has 0 saturated carbocycles. The van der Waals surface area contributed by atoms with E-state index in [0.717, 1.165) is 6.42 Å². The summed E-state index contributed by atoms with van der Waals surface area (Å²) in [5.41, 5.74) is 5.70. The van der Waals surface area contributed by atoms with Gasteiger partial charge >= 0.3 is 0 Å². The summed E-state index contributed by atoms with van der Waals surface area (Å²) >= 11 is 1.22. The first-order valence-electron chi connectivity index (χ1n) is 4.80. The van der Waals surface area contributed by atoms with Crippen LogP contribution in [0.1, 0.15) is 30.3 Å². The number of nitrogens with one attached hydrogen (secondary N) is 1. The molecule has 1 atom stereocenters. The van der Waals surface area contributed by atoms with Gasteiger partial charge in [0.1, 0.15) is 5.69 Å². The van der Waals surface area contributed by atoms with Gasteiger partial charge in [0.25, 0.3) is 5.91 Å². The third kappa shape index (κ3) is 3.85. The Morgan fingerprint density at radius 3 is 3.07 bits per heavy atom. The van der Waals surface area contributed by atoms with E-state index in [0.29, 0.717) is 17.2 Å². The van der Waals surface area contributed by atoms with Crippen molar-refractivity contribution >= 4 is 22.4 Å². The van der Waals surface area contributed by atoms with Gasteiger partial charge in [-0.3, -0.25) is 4.79 Å². The van der Waals surface area contributed by atoms with Gasteiger partial charge in [0.15, 0.2) is 5.13 Å². The summed E-state index contributed by atoms with van der Waals surface area (Å²) in [6.07, 6.45) is 1.08. The summed E-state index contributed by atoms with van der Waals surface area (Å²) in [7, 11) is 0. The van der Waals surface area contributed by atoms with Crippen LogP contribution in [0.25, 0.3) is 0 Å². The number of aromatic nitrogens is 1. The van der Waals surface area contributed by atoms with Crippen LogP contribution in [-0.2, 0) is 0 Å². The van der Waals surface area contributed by atoms with E-state index in [-0.39, 0.29) is 12.5 Å². The van der Waals surface area contributed by atoms with Crippen LogP contribution < -0.4 is 11.1 Å². The summed E-state index contributed by atoms with van der Waals surface area (Å²) in [6.45, 7) is 2.23. The highest BCUT2D eigenvalue weighted by molar-refractivity contribution is 7.13. The summed E-state index contributed by atoms with van der Waals surface area (Å²) in [6, 6.07) is 0. The normalized spacial score (nSPS) is 12.4. The van der Waals surface area contributed by atoms with E-state index < -0.39 is 6.10 Å². The molecule has 5 nitrogen and oxygen atoms in total. The van der Waals surface area contributed by atoms with Crippen molar-refractivity contribution < 1.29 is 9.90 Å². The second-order valence-electron chi connectivity index (χ2n) is 3.22. The van der Waals surface area contributed by atoms with Crippen molar-refractivity contribution in [3.8, 4) is 0 Å². The Labute approximate surface area is 92.3 Å². The summed E-state index contributed by atoms with van der Waals surface area (Å²) in [5, 5.41) is 14.0. The predicted octanol–water partition coefficient (Wildman–Crippen LogP) is 0.616. The van der Waals surface area contributed by atoms with Gasteiger partial charge in [-0.2, -0.15) is 0 Å². The smallest absolute Gasteiger partial charge is 0.270 e. The Morgan fingerprint density at radius 1 is 1.80 bits per heavy atom. The minimum absolute atomic E-state index is 0.254. The molecular formula is C9H15N3O2S. The molecule has 0 aliphatic rings. The number of hydrogen-bond donors (Lipinski definition) is 3. The Hall–Kier alpha value is -1.14. The van der Waals surface area contributed by atoms with Gasteiger partial charge < -0.3 is 16.2 Å². The molecule has 0 aromatic carbocycles. The summed E-state index contributed by atoms with van der Waals surface area (Å²) in [5.74, 6) is -0.293. The maximum Gasteiger partial charge on any atom is 0.270 e. The SMILES string of the molecule is CCCC(O)CNC(=O)c1csc(N)n1. The highest BCUT2D eigenvalue weighted by Crippen LogP contribution is 2.10. The van der Waals surface area contributed by atoms with Crippen LogP contribution in [0.3, 0.4) is 0 Å². The molecule has 1 aromatic heterocycles. The van der Waals surface area contributed by atoms with Crippen molar-refractivity contribution in [2.24, 2.45) is 0 Å². The number of nitrogens with zero attached hydrogens (tertiary/aromatic N) is 1. The molecule has 0 fully saturated rings. The zero-order chi connectivity index (χ0) is 11.3. The minimum Gasteiger partial charge on any atom is -0.391 e. The predicted molar refractivity (Wildman–Crippen MR) is 59.8 cm³/mol. The number of carbonyl (C=O) groups is 1. The number of aliphatic hydroxyl groups is 1. The largest absolute Gasteiger partial charge is 0.391 e. The lowest BCUT2D eigenvalue weighted by Gasteiger charge is -2.09. The maximum absolute atomic E-state index is 11.4. The van der Waals surface area contributed by atoms with Crippen molar-refractivity contribution in [2.75, 3.05) is 12.3 Å². The molecule has 1 rings (SSSR count). The summed E-state index contributed by atoms with van der Waals surface area (Å²) in [4.78, 5) is 15.3. The van der Waals surface area contributed by atoms with Gasteiger partial charge in [0.05, 0.1) is 6.10 Å². The zero-order valence-electron chi connectivity index (χ0n) is 8.56. The van der Waals surface area contributed by atoms with Gasteiger partial charge in [-0.15, -0.1) is 11.3 Å². The van der Waals surface area contributed by atoms with Crippen molar-refractivity contribution in [1.29, 1.82) is 0 Å². The fourth-order valence-electron chi connectivity index (χ4n) is 1.13. The molecule has 0 aliphatic heterocycles. The van der Waals surface area contributed by atoms with E-state index >= 15 is 0 Å². The van der Waals surface area contributed by atoms with E-state index in [2.05, 4.69) is 10.3 Å². The van der Waals surface area contributed by atoms with E-state index in [1.165, 1.54) is 11.3 Å². The van der Waals surface area contributed by atoms with Crippen LogP contribution in [0.2, 0.25) is 0 Å². The molecule has 84 valence electrons. The molecule has 0 aliphatic carbocycles. The van der Waals surface area contributed by atoms with Crippen LogP contribution in [-0.4, -0.2) is 28.6 Å². The van der Waals surface area contributed by atoms with Crippen LogP contribution in [0.5, 0.6) is 0 Å². The Morgan fingerprint density at radius 2 is 2.53 bits per heavy atom. The number of hydrogen-bond acceptors (Lipinski definition) is 5. The first-order valence-corrected chi connectivity index (χ1v) is 5.68. The molecule has 0 radical (unpaired) electrons. The lowest BCUT2D eigenvalue weighted by atomic mass is 10.2. The van der Waals surface area contributed by atoms with E-state index in [9.17, 15) is 9.90 Å². The molecular weight excluding hydrogens is 214 g/mol. The first kappa shape index (κ1) is 11.9. The van der Waals surface area contributed by atoms with Crippen LogP contribution in [0, 0.1) is 0 Å². The average Bonchev–Trinajstić information content (AvgIpc) is 2.62. The second kappa shape index (κ2) is 5.67. The number of amides is 1. The van der Waals surface area contributed by atoms with Crippen molar-refractivity contribution in [3.63, 3.8) is 0 Å². The van der Waals surface area contributed by atoms with E-state index in [1.54, 1.807) is 5.38 Å². The highest BCUT2D eigenvalue weighted by atomic mass is 32.1. The average molecular weight is 229 g/mol. The van der Waals surface area contributed by atoms with Gasteiger partial charge in [0.2, 0.25) is 0 Å². The van der Waals surface area contributed by atoms with Crippen LogP contribution >= 0.6 is 11.3 Å².